The van der Waals surface area contributed by atoms with Gasteiger partial charge in [-0.3, -0.25) is 4.98 Å². The minimum Gasteiger partial charge on any atom is -0.261 e. The van der Waals surface area contributed by atoms with Gasteiger partial charge in [0.2, 0.25) is 0 Å². The first-order chi connectivity index (χ1) is 7.95. The minimum atomic E-state index is 1.06. The number of benzene rings is 1. The van der Waals surface area contributed by atoms with Crippen LogP contribution in [0.3, 0.4) is 0 Å². The van der Waals surface area contributed by atoms with E-state index in [1.807, 2.05) is 12.3 Å². The fraction of sp³-hybridized carbons (Fsp3) is 0.133. The predicted octanol–water partition coefficient (Wildman–Crippen LogP) is 3.46. The van der Waals surface area contributed by atoms with Gasteiger partial charge in [-0.15, -0.1) is 0 Å². The minimum absolute atomic E-state index is 1.06. The maximum Gasteiger partial charge on any atom is 0.0485 e. The molecule has 0 bridgehead atoms. The summed E-state index contributed by atoms with van der Waals surface area (Å²) in [7, 11) is 0. The van der Waals surface area contributed by atoms with Gasteiger partial charge in [-0.1, -0.05) is 42.5 Å². The fourth-order valence-corrected chi connectivity index (χ4v) is 2.24. The number of pyridine rings is 1. The molecule has 0 atom stereocenters. The molecule has 1 aliphatic carbocycles. The molecule has 1 aromatic carbocycles. The first-order valence-corrected chi connectivity index (χ1v) is 5.65. The molecular formula is C15H13N. The normalized spacial score (nSPS) is 14.1. The Labute approximate surface area is 95.5 Å². The second kappa shape index (κ2) is 3.93. The van der Waals surface area contributed by atoms with E-state index in [-0.39, 0.29) is 0 Å². The van der Waals surface area contributed by atoms with Crippen LogP contribution in [0, 0.1) is 0 Å². The second-order valence-electron chi connectivity index (χ2n) is 4.02. The molecule has 0 saturated heterocycles. The maximum atomic E-state index is 4.45. The van der Waals surface area contributed by atoms with Crippen molar-refractivity contribution >= 4 is 5.57 Å². The number of aromatic nitrogens is 1. The summed E-state index contributed by atoms with van der Waals surface area (Å²) in [5, 5.41) is 0. The molecule has 0 fully saturated rings. The van der Waals surface area contributed by atoms with Crippen molar-refractivity contribution in [1.82, 2.24) is 4.98 Å². The zero-order valence-corrected chi connectivity index (χ0v) is 9.06. The number of hydrogen-bond acceptors (Lipinski definition) is 1. The summed E-state index contributed by atoms with van der Waals surface area (Å²) >= 11 is 0. The van der Waals surface area contributed by atoms with Crippen LogP contribution in [-0.2, 0) is 6.42 Å². The van der Waals surface area contributed by atoms with Gasteiger partial charge in [-0.25, -0.2) is 0 Å². The average Bonchev–Trinajstić information content (AvgIpc) is 2.39. The van der Waals surface area contributed by atoms with Crippen LogP contribution in [0.15, 0.2) is 54.7 Å². The van der Waals surface area contributed by atoms with Gasteiger partial charge in [0, 0.05) is 17.5 Å². The van der Waals surface area contributed by atoms with Crippen LogP contribution in [0.4, 0.5) is 0 Å². The Kier molecular flexibility index (Phi) is 2.30. The highest BCUT2D eigenvalue weighted by atomic mass is 14.7. The molecule has 0 aliphatic heterocycles. The number of hydrogen-bond donors (Lipinski definition) is 0. The standard InChI is InChI=1S/C15H13N/c1-2-6-12(7-3-1)13-8-4-10-15-14(13)9-5-11-16-15/h1-3,5-9,11H,4,10H2. The van der Waals surface area contributed by atoms with Crippen LogP contribution in [0.1, 0.15) is 23.2 Å². The van der Waals surface area contributed by atoms with Crippen LogP contribution < -0.4 is 0 Å². The Morgan fingerprint density at radius 2 is 1.81 bits per heavy atom. The van der Waals surface area contributed by atoms with E-state index in [9.17, 15) is 0 Å². The van der Waals surface area contributed by atoms with Crippen LogP contribution >= 0.6 is 0 Å². The predicted molar refractivity (Wildman–Crippen MR) is 66.1 cm³/mol. The summed E-state index contributed by atoms with van der Waals surface area (Å²) in [6.45, 7) is 0. The largest absolute Gasteiger partial charge is 0.261 e. The molecule has 78 valence electrons. The van der Waals surface area contributed by atoms with Crippen LogP contribution in [0.25, 0.3) is 5.57 Å². The van der Waals surface area contributed by atoms with E-state index in [0.29, 0.717) is 0 Å². The zero-order valence-electron chi connectivity index (χ0n) is 9.06. The molecule has 0 saturated carbocycles. The Bertz CT molecular complexity index is 526. The first kappa shape index (κ1) is 9.34. The molecule has 1 aliphatic rings. The van der Waals surface area contributed by atoms with E-state index in [0.717, 1.165) is 12.8 Å². The van der Waals surface area contributed by atoms with Gasteiger partial charge in [0.25, 0.3) is 0 Å². The van der Waals surface area contributed by atoms with Gasteiger partial charge in [0.15, 0.2) is 0 Å². The van der Waals surface area contributed by atoms with Crippen molar-refractivity contribution in [2.75, 3.05) is 0 Å². The van der Waals surface area contributed by atoms with Crippen molar-refractivity contribution in [2.45, 2.75) is 12.8 Å². The quantitative estimate of drug-likeness (QED) is 0.697. The number of aryl methyl sites for hydroxylation is 1. The molecular weight excluding hydrogens is 194 g/mol. The van der Waals surface area contributed by atoms with E-state index in [4.69, 9.17) is 0 Å². The number of allylic oxidation sites excluding steroid dienone is 1. The van der Waals surface area contributed by atoms with E-state index in [1.54, 1.807) is 0 Å². The monoisotopic (exact) mass is 207 g/mol. The summed E-state index contributed by atoms with van der Waals surface area (Å²) in [6.07, 6.45) is 6.35. The van der Waals surface area contributed by atoms with Gasteiger partial charge >= 0.3 is 0 Å². The summed E-state index contributed by atoms with van der Waals surface area (Å²) in [5.74, 6) is 0. The Morgan fingerprint density at radius 1 is 0.938 bits per heavy atom. The lowest BCUT2D eigenvalue weighted by molar-refractivity contribution is 0.920. The zero-order chi connectivity index (χ0) is 10.8. The number of fused-ring (bicyclic) bond motifs is 1. The lowest BCUT2D eigenvalue weighted by atomic mass is 9.90. The summed E-state index contributed by atoms with van der Waals surface area (Å²) in [4.78, 5) is 4.45. The van der Waals surface area contributed by atoms with Crippen LogP contribution in [0.2, 0.25) is 0 Å². The van der Waals surface area contributed by atoms with Gasteiger partial charge in [0.1, 0.15) is 0 Å². The van der Waals surface area contributed by atoms with Gasteiger partial charge in [-0.2, -0.15) is 0 Å². The fourth-order valence-electron chi connectivity index (χ4n) is 2.24. The van der Waals surface area contributed by atoms with Crippen molar-refractivity contribution in [3.63, 3.8) is 0 Å². The topological polar surface area (TPSA) is 12.9 Å². The summed E-state index contributed by atoms with van der Waals surface area (Å²) in [6, 6.07) is 14.7. The highest BCUT2D eigenvalue weighted by Crippen LogP contribution is 2.29. The molecule has 0 spiro atoms. The maximum absolute atomic E-state index is 4.45. The van der Waals surface area contributed by atoms with Crippen molar-refractivity contribution in [1.29, 1.82) is 0 Å². The Balaban J connectivity index is 2.13. The molecule has 16 heavy (non-hydrogen) atoms. The molecule has 1 aromatic heterocycles. The lowest BCUT2D eigenvalue weighted by Gasteiger charge is -2.16. The molecule has 0 radical (unpaired) electrons. The van der Waals surface area contributed by atoms with Crippen molar-refractivity contribution in [3.8, 4) is 0 Å². The van der Waals surface area contributed by atoms with Gasteiger partial charge < -0.3 is 0 Å². The Morgan fingerprint density at radius 3 is 2.69 bits per heavy atom. The molecule has 1 heterocycles. The molecule has 0 unspecified atom stereocenters. The highest BCUT2D eigenvalue weighted by Gasteiger charge is 2.13. The van der Waals surface area contributed by atoms with Crippen molar-refractivity contribution in [3.05, 3.63) is 71.6 Å². The molecule has 1 nitrogen and oxygen atoms in total. The number of nitrogens with zero attached hydrogens (tertiary/aromatic N) is 1. The van der Waals surface area contributed by atoms with E-state index >= 15 is 0 Å². The van der Waals surface area contributed by atoms with Crippen molar-refractivity contribution < 1.29 is 0 Å². The summed E-state index contributed by atoms with van der Waals surface area (Å²) in [5.41, 5.74) is 5.13. The third-order valence-corrected chi connectivity index (χ3v) is 2.99. The average molecular weight is 207 g/mol. The summed E-state index contributed by atoms with van der Waals surface area (Å²) < 4.78 is 0. The third-order valence-electron chi connectivity index (χ3n) is 2.99. The Hall–Kier alpha value is -1.89. The molecule has 0 N–H and O–H groups in total. The molecule has 2 aromatic rings. The van der Waals surface area contributed by atoms with Gasteiger partial charge in [0.05, 0.1) is 0 Å². The molecule has 3 rings (SSSR count). The van der Waals surface area contributed by atoms with Crippen molar-refractivity contribution in [2.24, 2.45) is 0 Å². The van der Waals surface area contributed by atoms with E-state index in [1.165, 1.54) is 22.4 Å². The first-order valence-electron chi connectivity index (χ1n) is 5.65. The molecule has 0 amide bonds. The van der Waals surface area contributed by atoms with Crippen LogP contribution in [0.5, 0.6) is 0 Å². The van der Waals surface area contributed by atoms with Gasteiger partial charge in [-0.05, 0) is 30.0 Å². The smallest absolute Gasteiger partial charge is 0.0485 e. The van der Waals surface area contributed by atoms with E-state index < -0.39 is 0 Å². The second-order valence-corrected chi connectivity index (χ2v) is 4.02. The third kappa shape index (κ3) is 1.54. The van der Waals surface area contributed by atoms with E-state index in [2.05, 4.69) is 47.5 Å². The number of rotatable bonds is 1. The highest BCUT2D eigenvalue weighted by molar-refractivity contribution is 5.81. The lowest BCUT2D eigenvalue weighted by Crippen LogP contribution is -2.02. The SMILES string of the molecule is C1=C(c2ccccc2)c2cccnc2CC1. The van der Waals surface area contributed by atoms with Crippen LogP contribution in [-0.4, -0.2) is 4.98 Å². The molecule has 1 heteroatoms.